The molecule has 1 aromatic rings. The van der Waals surface area contributed by atoms with Crippen LogP contribution in [0.2, 0.25) is 0 Å². The van der Waals surface area contributed by atoms with Crippen LogP contribution in [-0.2, 0) is 7.05 Å². The Kier molecular flexibility index (Phi) is 3.05. The lowest BCUT2D eigenvalue weighted by Gasteiger charge is -2.06. The monoisotopic (exact) mass is 167 g/mol. The zero-order chi connectivity index (χ0) is 8.97. The third-order valence-corrected chi connectivity index (χ3v) is 1.58. The first-order valence-corrected chi connectivity index (χ1v) is 4.05. The summed E-state index contributed by atoms with van der Waals surface area (Å²) in [6.45, 7) is 2.35. The summed E-state index contributed by atoms with van der Waals surface area (Å²) in [6.07, 6.45) is 3.62. The van der Waals surface area contributed by atoms with Gasteiger partial charge in [0.1, 0.15) is 7.05 Å². The van der Waals surface area contributed by atoms with Crippen LogP contribution in [0.3, 0.4) is 0 Å². The minimum absolute atomic E-state index is 0.307. The summed E-state index contributed by atoms with van der Waals surface area (Å²) in [7, 11) is 1.97. The maximum absolute atomic E-state index is 9.00. The second kappa shape index (κ2) is 4.07. The number of anilines is 1. The molecule has 1 aromatic heterocycles. The van der Waals surface area contributed by atoms with Gasteiger partial charge in [-0.15, -0.1) is 0 Å². The van der Waals surface area contributed by atoms with E-state index < -0.39 is 0 Å². The quantitative estimate of drug-likeness (QED) is 0.635. The average Bonchev–Trinajstić information content (AvgIpc) is 2.03. The molecule has 0 aliphatic carbocycles. The van der Waals surface area contributed by atoms with E-state index in [-0.39, 0.29) is 6.10 Å². The molecule has 1 unspecified atom stereocenters. The van der Waals surface area contributed by atoms with E-state index in [1.165, 1.54) is 0 Å². The van der Waals surface area contributed by atoms with E-state index in [2.05, 4.69) is 5.32 Å². The molecule has 0 spiro atoms. The number of rotatable bonds is 3. The van der Waals surface area contributed by atoms with Crippen LogP contribution in [0.25, 0.3) is 0 Å². The summed E-state index contributed by atoms with van der Waals surface area (Å²) in [5.41, 5.74) is 1.04. The van der Waals surface area contributed by atoms with Gasteiger partial charge in [-0.1, -0.05) is 0 Å². The molecule has 3 nitrogen and oxygen atoms in total. The maximum atomic E-state index is 9.00. The highest BCUT2D eigenvalue weighted by molar-refractivity contribution is 5.39. The third kappa shape index (κ3) is 2.88. The average molecular weight is 167 g/mol. The number of hydrogen-bond acceptors (Lipinski definition) is 2. The van der Waals surface area contributed by atoms with Gasteiger partial charge < -0.3 is 10.4 Å². The van der Waals surface area contributed by atoms with E-state index in [4.69, 9.17) is 5.11 Å². The Morgan fingerprint density at radius 1 is 1.50 bits per heavy atom. The summed E-state index contributed by atoms with van der Waals surface area (Å²) < 4.78 is 1.97. The van der Waals surface area contributed by atoms with E-state index in [0.29, 0.717) is 6.54 Å². The van der Waals surface area contributed by atoms with E-state index in [1.807, 2.05) is 36.1 Å². The Hall–Kier alpha value is -1.09. The van der Waals surface area contributed by atoms with E-state index in [0.717, 1.165) is 5.69 Å². The normalized spacial score (nSPS) is 12.6. The van der Waals surface area contributed by atoms with Crippen LogP contribution in [0.15, 0.2) is 24.5 Å². The van der Waals surface area contributed by atoms with Gasteiger partial charge in [0.05, 0.1) is 6.10 Å². The summed E-state index contributed by atoms with van der Waals surface area (Å²) in [4.78, 5) is 0. The molecule has 66 valence electrons. The Balaban J connectivity index is 2.48. The second-order valence-electron chi connectivity index (χ2n) is 2.98. The number of hydrogen-bond donors (Lipinski definition) is 2. The van der Waals surface area contributed by atoms with Crippen molar-refractivity contribution in [3.63, 3.8) is 0 Å². The van der Waals surface area contributed by atoms with Gasteiger partial charge in [0, 0.05) is 24.4 Å². The zero-order valence-electron chi connectivity index (χ0n) is 7.49. The summed E-state index contributed by atoms with van der Waals surface area (Å²) >= 11 is 0. The van der Waals surface area contributed by atoms with Gasteiger partial charge in [-0.25, -0.2) is 4.57 Å². The summed E-state index contributed by atoms with van der Waals surface area (Å²) in [5.74, 6) is 0. The van der Waals surface area contributed by atoms with Crippen LogP contribution in [-0.4, -0.2) is 17.8 Å². The first-order valence-electron chi connectivity index (χ1n) is 4.05. The molecule has 0 fully saturated rings. The molecule has 0 aliphatic rings. The second-order valence-corrected chi connectivity index (χ2v) is 2.98. The molecule has 0 bridgehead atoms. The minimum Gasteiger partial charge on any atom is -0.392 e. The Morgan fingerprint density at radius 3 is 2.58 bits per heavy atom. The van der Waals surface area contributed by atoms with Crippen LogP contribution in [0, 0.1) is 0 Å². The molecule has 1 atom stereocenters. The highest BCUT2D eigenvalue weighted by Gasteiger charge is 1.96. The third-order valence-electron chi connectivity index (χ3n) is 1.58. The van der Waals surface area contributed by atoms with Gasteiger partial charge in [0.15, 0.2) is 12.4 Å². The lowest BCUT2D eigenvalue weighted by Crippen LogP contribution is -2.26. The fraction of sp³-hybridized carbons (Fsp3) is 0.444. The standard InChI is InChI=1S/C9H14N2O/c1-8(12)7-10-9-3-5-11(2)6-4-9/h3-6,8,12H,7H2,1-2H3/p+1. The van der Waals surface area contributed by atoms with Gasteiger partial charge in [-0.05, 0) is 6.92 Å². The van der Waals surface area contributed by atoms with Crippen molar-refractivity contribution >= 4 is 5.69 Å². The number of nitrogens with one attached hydrogen (secondary N) is 1. The molecule has 0 radical (unpaired) electrons. The van der Waals surface area contributed by atoms with Crippen molar-refractivity contribution in [2.24, 2.45) is 7.05 Å². The maximum Gasteiger partial charge on any atom is 0.170 e. The molecular formula is C9H15N2O+. The molecule has 1 heterocycles. The highest BCUT2D eigenvalue weighted by Crippen LogP contribution is 2.01. The number of aromatic nitrogens is 1. The predicted octanol–water partition coefficient (Wildman–Crippen LogP) is 0.304. The number of aliphatic hydroxyl groups excluding tert-OH is 1. The van der Waals surface area contributed by atoms with Crippen molar-refractivity contribution in [3.05, 3.63) is 24.5 Å². The fourth-order valence-corrected chi connectivity index (χ4v) is 0.884. The fourth-order valence-electron chi connectivity index (χ4n) is 0.884. The number of aliphatic hydroxyl groups is 1. The van der Waals surface area contributed by atoms with E-state index >= 15 is 0 Å². The first-order chi connectivity index (χ1) is 5.68. The molecule has 0 saturated heterocycles. The van der Waals surface area contributed by atoms with Crippen molar-refractivity contribution in [1.82, 2.24) is 0 Å². The molecule has 12 heavy (non-hydrogen) atoms. The highest BCUT2D eigenvalue weighted by atomic mass is 16.3. The van der Waals surface area contributed by atoms with Crippen molar-refractivity contribution < 1.29 is 9.67 Å². The Morgan fingerprint density at radius 2 is 2.08 bits per heavy atom. The molecule has 3 heteroatoms. The molecular weight excluding hydrogens is 152 g/mol. The smallest absolute Gasteiger partial charge is 0.170 e. The van der Waals surface area contributed by atoms with Gasteiger partial charge >= 0.3 is 0 Å². The summed E-state index contributed by atoms with van der Waals surface area (Å²) in [6, 6.07) is 3.95. The minimum atomic E-state index is -0.307. The van der Waals surface area contributed by atoms with E-state index in [9.17, 15) is 0 Å². The van der Waals surface area contributed by atoms with Crippen LogP contribution in [0.5, 0.6) is 0 Å². The number of nitrogens with zero attached hydrogens (tertiary/aromatic N) is 1. The Labute approximate surface area is 72.7 Å². The van der Waals surface area contributed by atoms with Crippen LogP contribution < -0.4 is 9.88 Å². The van der Waals surface area contributed by atoms with Gasteiger partial charge in [-0.3, -0.25) is 0 Å². The van der Waals surface area contributed by atoms with Crippen LogP contribution >= 0.6 is 0 Å². The summed E-state index contributed by atoms with van der Waals surface area (Å²) in [5, 5.41) is 12.1. The molecule has 2 N–H and O–H groups in total. The molecule has 0 amide bonds. The molecule has 1 rings (SSSR count). The lowest BCUT2D eigenvalue weighted by atomic mass is 10.3. The number of aryl methyl sites for hydroxylation is 1. The van der Waals surface area contributed by atoms with Crippen molar-refractivity contribution in [3.8, 4) is 0 Å². The largest absolute Gasteiger partial charge is 0.392 e. The van der Waals surface area contributed by atoms with E-state index in [1.54, 1.807) is 6.92 Å². The van der Waals surface area contributed by atoms with Crippen molar-refractivity contribution in [1.29, 1.82) is 0 Å². The lowest BCUT2D eigenvalue weighted by molar-refractivity contribution is -0.671. The molecule has 0 aromatic carbocycles. The predicted molar refractivity (Wildman–Crippen MR) is 47.8 cm³/mol. The van der Waals surface area contributed by atoms with Crippen LogP contribution in [0.4, 0.5) is 5.69 Å². The topological polar surface area (TPSA) is 36.1 Å². The van der Waals surface area contributed by atoms with Gasteiger partial charge in [-0.2, -0.15) is 0 Å². The Bertz CT molecular complexity index is 231. The molecule has 0 aliphatic heterocycles. The number of pyridine rings is 1. The van der Waals surface area contributed by atoms with Crippen molar-refractivity contribution in [2.75, 3.05) is 11.9 Å². The first kappa shape index (κ1) is 9.00. The van der Waals surface area contributed by atoms with Gasteiger partial charge in [0.25, 0.3) is 0 Å². The van der Waals surface area contributed by atoms with Crippen LogP contribution in [0.1, 0.15) is 6.92 Å². The van der Waals surface area contributed by atoms with Gasteiger partial charge in [0.2, 0.25) is 0 Å². The molecule has 0 saturated carbocycles. The van der Waals surface area contributed by atoms with Crippen molar-refractivity contribution in [2.45, 2.75) is 13.0 Å². The SMILES string of the molecule is CC(O)CNc1cc[n+](C)cc1. The zero-order valence-corrected chi connectivity index (χ0v) is 7.49.